The second-order valence-corrected chi connectivity index (χ2v) is 13.0. The largest absolute Gasteiger partial charge is 0.334 e. The average molecular weight is 655 g/mol. The number of halogens is 1. The van der Waals surface area contributed by atoms with E-state index in [0.717, 1.165) is 0 Å². The fourth-order valence-corrected chi connectivity index (χ4v) is 6.17. The van der Waals surface area contributed by atoms with E-state index in [9.17, 15) is 28.7 Å². The van der Waals surface area contributed by atoms with E-state index in [4.69, 9.17) is 11.6 Å². The lowest BCUT2D eigenvalue weighted by Crippen LogP contribution is -2.39. The maximum absolute atomic E-state index is 13.6. The van der Waals surface area contributed by atoms with Crippen LogP contribution in [-0.4, -0.2) is 74.7 Å². The highest BCUT2D eigenvalue weighted by atomic mass is 35.5. The Balaban J connectivity index is 1.53. The normalized spacial score (nSPS) is 17.0. The molecule has 0 fully saturated rings. The Hall–Kier alpha value is -4.23. The number of pyridine rings is 1. The maximum Gasteiger partial charge on any atom is 0.334 e. The summed E-state index contributed by atoms with van der Waals surface area (Å²) in [6.07, 6.45) is 6.24. The van der Waals surface area contributed by atoms with Crippen LogP contribution in [0.15, 0.2) is 55.1 Å². The molecule has 2 amide bonds. The number of hydrogen-bond acceptors (Lipinski definition) is 8. The third-order valence-electron chi connectivity index (χ3n) is 7.70. The fourth-order valence-electron chi connectivity index (χ4n) is 5.46. The highest BCUT2D eigenvalue weighted by Crippen LogP contribution is 2.38. The molecule has 0 radical (unpaired) electrons. The minimum Gasteiger partial charge on any atom is -0.333 e. The first kappa shape index (κ1) is 32.2. The van der Waals surface area contributed by atoms with Crippen molar-refractivity contribution < 1.29 is 28.7 Å². The quantitative estimate of drug-likeness (QED) is 0.186. The zero-order valence-electron chi connectivity index (χ0n) is 24.6. The van der Waals surface area contributed by atoms with Crippen molar-refractivity contribution in [2.45, 2.75) is 38.6 Å². The third-order valence-corrected chi connectivity index (χ3v) is 8.62. The van der Waals surface area contributed by atoms with Crippen LogP contribution in [-0.2, 0) is 21.2 Å². The second kappa shape index (κ2) is 13.4. The number of aryl methyl sites for hydroxylation is 1. The van der Waals surface area contributed by atoms with Gasteiger partial charge in [0.2, 0.25) is 11.8 Å². The molecule has 1 aliphatic rings. The van der Waals surface area contributed by atoms with E-state index in [-0.39, 0.29) is 36.1 Å². The van der Waals surface area contributed by atoms with Crippen LogP contribution in [0.4, 0.5) is 5.69 Å². The van der Waals surface area contributed by atoms with Crippen LogP contribution >= 0.6 is 19.2 Å². The minimum atomic E-state index is -4.76. The van der Waals surface area contributed by atoms with Crippen LogP contribution in [0.2, 0.25) is 5.02 Å². The van der Waals surface area contributed by atoms with Gasteiger partial charge in [-0.05, 0) is 43.2 Å². The number of hydrogen-bond donors (Lipinski definition) is 3. The molecule has 0 saturated carbocycles. The van der Waals surface area contributed by atoms with E-state index in [1.54, 1.807) is 61.5 Å². The molecule has 45 heavy (non-hydrogen) atoms. The molecule has 4 heterocycles. The molecule has 1 aromatic carbocycles. The van der Waals surface area contributed by atoms with E-state index in [1.807, 2.05) is 0 Å². The van der Waals surface area contributed by atoms with Gasteiger partial charge in [0, 0.05) is 48.3 Å². The molecule has 3 aromatic heterocycles. The number of benzene rings is 1. The summed E-state index contributed by atoms with van der Waals surface area (Å²) in [5.41, 5.74) is 2.98. The second-order valence-electron chi connectivity index (χ2n) is 10.9. The summed E-state index contributed by atoms with van der Waals surface area (Å²) in [5, 5.41) is 15.4. The Morgan fingerprint density at radius 1 is 1.18 bits per heavy atom. The van der Waals surface area contributed by atoms with E-state index in [0.29, 0.717) is 52.6 Å². The van der Waals surface area contributed by atoms with Crippen molar-refractivity contribution in [1.82, 2.24) is 34.7 Å². The van der Waals surface area contributed by atoms with Crippen molar-refractivity contribution in [3.8, 4) is 16.9 Å². The van der Waals surface area contributed by atoms with Gasteiger partial charge in [0.25, 0.3) is 0 Å². The Bertz CT molecular complexity index is 1770. The number of aromatic nitrogens is 6. The monoisotopic (exact) mass is 654 g/mol. The molecule has 0 saturated heterocycles. The number of nitrogens with one attached hydrogen (secondary N) is 1. The third kappa shape index (κ3) is 7.54. The maximum atomic E-state index is 13.6. The van der Waals surface area contributed by atoms with Crippen molar-refractivity contribution in [3.05, 3.63) is 71.4 Å². The molecule has 14 nitrogen and oxygen atoms in total. The van der Waals surface area contributed by atoms with Crippen molar-refractivity contribution in [2.75, 3.05) is 18.0 Å². The Labute approximate surface area is 263 Å². The number of carbonyl (C=O) groups excluding carboxylic acids is 3. The molecule has 4 aromatic rings. The first-order valence-electron chi connectivity index (χ1n) is 14.2. The number of rotatable bonds is 8. The lowest BCUT2D eigenvalue weighted by Gasteiger charge is -2.32. The SMILES string of the molecule is C[C@@H]1CCC[C@H](N(CCC(=O)c2cc(Cl)ccc2-n2ccnn2)C(=O)CP(=O)(O)O)c2cc(ccn2)-c2c(cnn2C)NC1=O. The van der Waals surface area contributed by atoms with Crippen molar-refractivity contribution in [1.29, 1.82) is 0 Å². The van der Waals surface area contributed by atoms with Gasteiger partial charge in [-0.15, -0.1) is 5.10 Å². The fraction of sp³-hybridized carbons (Fsp3) is 0.345. The highest BCUT2D eigenvalue weighted by molar-refractivity contribution is 7.52. The van der Waals surface area contributed by atoms with Gasteiger partial charge in [-0.2, -0.15) is 5.10 Å². The smallest absolute Gasteiger partial charge is 0.333 e. The van der Waals surface area contributed by atoms with Crippen LogP contribution in [0.1, 0.15) is 54.7 Å². The molecule has 0 spiro atoms. The lowest BCUT2D eigenvalue weighted by atomic mass is 9.95. The Kier molecular flexibility index (Phi) is 9.59. The summed E-state index contributed by atoms with van der Waals surface area (Å²) in [5.74, 6) is -1.74. The first-order chi connectivity index (χ1) is 21.4. The number of ketones is 1. The number of nitrogens with zero attached hydrogens (tertiary/aromatic N) is 7. The van der Waals surface area contributed by atoms with Gasteiger partial charge >= 0.3 is 7.60 Å². The van der Waals surface area contributed by atoms with Crippen LogP contribution < -0.4 is 5.32 Å². The topological polar surface area (TPSA) is 185 Å². The summed E-state index contributed by atoms with van der Waals surface area (Å²) in [7, 11) is -3.02. The number of amides is 2. The average Bonchev–Trinajstić information content (AvgIpc) is 3.64. The van der Waals surface area contributed by atoms with Crippen molar-refractivity contribution >= 4 is 42.5 Å². The van der Waals surface area contributed by atoms with E-state index >= 15 is 0 Å². The van der Waals surface area contributed by atoms with Crippen LogP contribution in [0.5, 0.6) is 0 Å². The predicted octanol–water partition coefficient (Wildman–Crippen LogP) is 3.80. The molecule has 236 valence electrons. The van der Waals surface area contributed by atoms with Crippen molar-refractivity contribution in [3.63, 3.8) is 0 Å². The summed E-state index contributed by atoms with van der Waals surface area (Å²) >= 11 is 6.22. The van der Waals surface area contributed by atoms with Crippen LogP contribution in [0, 0.1) is 5.92 Å². The molecule has 3 N–H and O–H groups in total. The summed E-state index contributed by atoms with van der Waals surface area (Å²) < 4.78 is 15.0. The van der Waals surface area contributed by atoms with Gasteiger partial charge in [0.05, 0.1) is 47.4 Å². The molecule has 2 bridgehead atoms. The minimum absolute atomic E-state index is 0.162. The molecular weight excluding hydrogens is 623 g/mol. The number of anilines is 1. The summed E-state index contributed by atoms with van der Waals surface area (Å²) in [4.78, 5) is 65.5. The van der Waals surface area contributed by atoms with Gasteiger partial charge in [-0.3, -0.25) is 28.6 Å². The van der Waals surface area contributed by atoms with E-state index in [2.05, 4.69) is 25.7 Å². The molecule has 5 rings (SSSR count). The first-order valence-corrected chi connectivity index (χ1v) is 16.4. The molecule has 0 aliphatic carbocycles. The van der Waals surface area contributed by atoms with Gasteiger partial charge in [-0.1, -0.05) is 30.2 Å². The van der Waals surface area contributed by atoms with Gasteiger partial charge in [-0.25, -0.2) is 4.68 Å². The van der Waals surface area contributed by atoms with Crippen molar-refractivity contribution in [2.24, 2.45) is 13.0 Å². The molecule has 1 aliphatic heterocycles. The van der Waals surface area contributed by atoms with Crippen LogP contribution in [0.25, 0.3) is 16.9 Å². The highest BCUT2D eigenvalue weighted by Gasteiger charge is 2.32. The predicted molar refractivity (Wildman–Crippen MR) is 165 cm³/mol. The lowest BCUT2D eigenvalue weighted by molar-refractivity contribution is -0.131. The number of carbonyl (C=O) groups is 3. The Morgan fingerprint density at radius 3 is 2.71 bits per heavy atom. The zero-order chi connectivity index (χ0) is 32.3. The zero-order valence-corrected chi connectivity index (χ0v) is 26.2. The van der Waals surface area contributed by atoms with Gasteiger partial charge < -0.3 is 20.0 Å². The number of fused-ring (bicyclic) bond motifs is 4. The molecule has 16 heteroatoms. The molecule has 2 atom stereocenters. The summed E-state index contributed by atoms with van der Waals surface area (Å²) in [6, 6.07) is 7.51. The summed E-state index contributed by atoms with van der Waals surface area (Å²) in [6.45, 7) is 1.64. The van der Waals surface area contributed by atoms with Crippen LogP contribution in [0.3, 0.4) is 0 Å². The van der Waals surface area contributed by atoms with E-state index in [1.165, 1.54) is 21.8 Å². The Morgan fingerprint density at radius 2 is 1.98 bits per heavy atom. The van der Waals surface area contributed by atoms with Gasteiger partial charge in [0.1, 0.15) is 6.16 Å². The van der Waals surface area contributed by atoms with E-state index < -0.39 is 25.7 Å². The number of Topliss-reactive ketones (excluding diaryl/α,β-unsaturated/α-hetero) is 1. The molecule has 0 unspecified atom stereocenters. The van der Waals surface area contributed by atoms with Gasteiger partial charge in [0.15, 0.2) is 5.78 Å². The molecular formula is C29H32ClN8O6P. The standard InChI is InChI=1S/C29H32ClN8O6P/c1-18-4-3-5-25(22-14-19(8-10-31-22)28-23(34-29(18)41)16-33-36(28)2)37(27(40)17-45(42,43)44)12-9-26(39)21-15-20(30)6-7-24(21)38-13-11-32-35-38/h6-8,10-11,13-16,18,25H,3-5,9,12,17H2,1-2H3,(H,34,41)(H2,42,43,44)/t18-,25+/m1/s1.